The molecule has 4 bridgehead atoms. The van der Waals surface area contributed by atoms with Gasteiger partial charge >= 0.3 is 0 Å². The van der Waals surface area contributed by atoms with Crippen LogP contribution >= 0.6 is 11.3 Å². The predicted octanol–water partition coefficient (Wildman–Crippen LogP) is 3.57. The number of carbonyl (C=O) groups excluding carboxylic acids is 1. The van der Waals surface area contributed by atoms with Crippen LogP contribution in [0.5, 0.6) is 0 Å². The van der Waals surface area contributed by atoms with Gasteiger partial charge in [-0.15, -0.1) is 0 Å². The van der Waals surface area contributed by atoms with Gasteiger partial charge in [-0.25, -0.2) is 0 Å². The summed E-state index contributed by atoms with van der Waals surface area (Å²) in [6.07, 6.45) is 9.57. The van der Waals surface area contributed by atoms with E-state index in [-0.39, 0.29) is 24.0 Å². The second-order valence-electron chi connectivity index (χ2n) is 9.84. The molecule has 1 aromatic rings. The van der Waals surface area contributed by atoms with Crippen LogP contribution in [0.1, 0.15) is 56.4 Å². The molecule has 1 aromatic heterocycles. The van der Waals surface area contributed by atoms with Crippen molar-refractivity contribution >= 4 is 17.2 Å². The van der Waals surface area contributed by atoms with Crippen LogP contribution in [0.15, 0.2) is 28.7 Å². The molecule has 0 radical (unpaired) electrons. The predicted molar refractivity (Wildman–Crippen MR) is 118 cm³/mol. The lowest BCUT2D eigenvalue weighted by atomic mass is 9.53. The quantitative estimate of drug-likeness (QED) is 0.566. The Morgan fingerprint density at radius 1 is 1.13 bits per heavy atom. The van der Waals surface area contributed by atoms with Gasteiger partial charge in [-0.05, 0) is 84.7 Å². The molecule has 4 fully saturated rings. The van der Waals surface area contributed by atoms with Gasteiger partial charge in [0.25, 0.3) is 5.91 Å². The summed E-state index contributed by atoms with van der Waals surface area (Å²) in [7, 11) is 0. The topological polar surface area (TPSA) is 77.0 Å². The zero-order valence-corrected chi connectivity index (χ0v) is 18.8. The molecule has 7 heteroatoms. The summed E-state index contributed by atoms with van der Waals surface area (Å²) in [6, 6.07) is 2.10. The molecule has 0 saturated heterocycles. The summed E-state index contributed by atoms with van der Waals surface area (Å²) in [5, 5.41) is 16.4. The van der Waals surface area contributed by atoms with Crippen LogP contribution in [-0.2, 0) is 19.0 Å². The van der Waals surface area contributed by atoms with Crippen molar-refractivity contribution in [2.24, 2.45) is 17.8 Å². The molecule has 6 nitrogen and oxygen atoms in total. The molecule has 5 aliphatic rings. The zero-order chi connectivity index (χ0) is 21.3. The highest BCUT2D eigenvalue weighted by Gasteiger charge is 2.52. The fourth-order valence-electron chi connectivity index (χ4n) is 6.61. The highest BCUT2D eigenvalue weighted by molar-refractivity contribution is 7.08. The van der Waals surface area contributed by atoms with Crippen molar-refractivity contribution in [3.8, 4) is 0 Å². The van der Waals surface area contributed by atoms with E-state index >= 15 is 0 Å². The number of hydrogen-bond acceptors (Lipinski definition) is 6. The summed E-state index contributed by atoms with van der Waals surface area (Å²) in [5.74, 6) is 2.73. The lowest BCUT2D eigenvalue weighted by Gasteiger charge is -2.56. The second-order valence-corrected chi connectivity index (χ2v) is 10.6. The van der Waals surface area contributed by atoms with Crippen molar-refractivity contribution in [3.05, 3.63) is 34.2 Å². The largest absolute Gasteiger partial charge is 0.459 e. The van der Waals surface area contributed by atoms with Crippen LogP contribution in [0.2, 0.25) is 0 Å². The summed E-state index contributed by atoms with van der Waals surface area (Å²) in [6.45, 7) is 1.05. The number of hydrogen-bond donors (Lipinski definition) is 2. The minimum absolute atomic E-state index is 0.00244. The molecule has 0 unspecified atom stereocenters. The van der Waals surface area contributed by atoms with Crippen molar-refractivity contribution < 1.29 is 24.1 Å². The van der Waals surface area contributed by atoms with E-state index in [0.29, 0.717) is 32.0 Å². The first-order valence-electron chi connectivity index (χ1n) is 11.7. The average molecular weight is 448 g/mol. The molecule has 4 aliphatic carbocycles. The number of aliphatic hydroxyl groups is 1. The van der Waals surface area contributed by atoms with Crippen LogP contribution in [-0.4, -0.2) is 49.3 Å². The molecule has 2 heterocycles. The third-order valence-corrected chi connectivity index (χ3v) is 8.14. The number of carbonyl (C=O) groups is 1. The number of aliphatic hydroxyl groups excluding tert-OH is 1. The molecule has 2 atom stereocenters. The standard InChI is InChI=1S/C24H33NO5S/c26-2-3-28-4-5-29-22-11-20(19-1-6-31-15-19)10-21(30-22)23(27)25-24-12-16-7-17(13-24)9-18(8-16)14-24/h1,6,10,15-18,20,22,26H,2-5,7-9,11-14H2,(H,25,27)/t16?,17?,18?,20-,22+,24?/m0/s1. The SMILES string of the molecule is O=C(NC12CC3CC(CC(C3)C1)C2)C1=C[C@H](c2ccsc2)C[C@H](OCCOCCO)O1. The zero-order valence-electron chi connectivity index (χ0n) is 18.0. The van der Waals surface area contributed by atoms with Gasteiger partial charge in [0.1, 0.15) is 0 Å². The van der Waals surface area contributed by atoms with E-state index in [2.05, 4.69) is 22.1 Å². The Hall–Kier alpha value is -1.41. The third kappa shape index (κ3) is 4.85. The number of nitrogens with one attached hydrogen (secondary N) is 1. The molecule has 0 aromatic carbocycles. The average Bonchev–Trinajstić information content (AvgIpc) is 3.27. The smallest absolute Gasteiger partial charge is 0.286 e. The normalized spacial score (nSPS) is 36.2. The lowest BCUT2D eigenvalue weighted by molar-refractivity contribution is -0.153. The highest BCUT2D eigenvalue weighted by Crippen LogP contribution is 2.55. The fraction of sp³-hybridized carbons (Fsp3) is 0.708. The third-order valence-electron chi connectivity index (χ3n) is 7.44. The molecule has 1 aliphatic heterocycles. The van der Waals surface area contributed by atoms with Crippen molar-refractivity contribution in [2.45, 2.75) is 62.7 Å². The minimum Gasteiger partial charge on any atom is -0.459 e. The maximum Gasteiger partial charge on any atom is 0.286 e. The van der Waals surface area contributed by atoms with E-state index in [1.807, 2.05) is 6.08 Å². The first kappa shape index (κ1) is 21.4. The van der Waals surface area contributed by atoms with Gasteiger partial charge in [0.05, 0.1) is 26.4 Å². The summed E-state index contributed by atoms with van der Waals surface area (Å²) >= 11 is 1.66. The molecule has 6 rings (SSSR count). The minimum atomic E-state index is -0.482. The lowest BCUT2D eigenvalue weighted by Crippen LogP contribution is -2.60. The van der Waals surface area contributed by atoms with Gasteiger partial charge in [-0.3, -0.25) is 4.79 Å². The van der Waals surface area contributed by atoms with Crippen LogP contribution < -0.4 is 5.32 Å². The molecule has 170 valence electrons. The number of ether oxygens (including phenoxy) is 3. The molecule has 2 N–H and O–H groups in total. The fourth-order valence-corrected chi connectivity index (χ4v) is 7.33. The van der Waals surface area contributed by atoms with E-state index < -0.39 is 6.29 Å². The summed E-state index contributed by atoms with van der Waals surface area (Å²) in [4.78, 5) is 13.3. The summed E-state index contributed by atoms with van der Waals surface area (Å²) < 4.78 is 17.2. The van der Waals surface area contributed by atoms with Crippen LogP contribution in [0, 0.1) is 17.8 Å². The Balaban J connectivity index is 1.26. The monoisotopic (exact) mass is 447 g/mol. The van der Waals surface area contributed by atoms with Crippen LogP contribution in [0.3, 0.4) is 0 Å². The summed E-state index contributed by atoms with van der Waals surface area (Å²) in [5.41, 5.74) is 1.15. The Morgan fingerprint density at radius 2 is 1.87 bits per heavy atom. The number of thiophene rings is 1. The van der Waals surface area contributed by atoms with Gasteiger partial charge in [-0.2, -0.15) is 11.3 Å². The van der Waals surface area contributed by atoms with Crippen LogP contribution in [0.4, 0.5) is 0 Å². The number of rotatable bonds is 9. The Kier molecular flexibility index (Phi) is 6.37. The van der Waals surface area contributed by atoms with E-state index in [1.54, 1.807) is 11.3 Å². The van der Waals surface area contributed by atoms with E-state index in [1.165, 1.54) is 24.8 Å². The van der Waals surface area contributed by atoms with Crippen molar-refractivity contribution in [1.29, 1.82) is 0 Å². The van der Waals surface area contributed by atoms with Crippen LogP contribution in [0.25, 0.3) is 0 Å². The Bertz CT molecular complexity index is 757. The maximum absolute atomic E-state index is 13.3. The van der Waals surface area contributed by atoms with Gasteiger partial charge in [0, 0.05) is 17.9 Å². The van der Waals surface area contributed by atoms with E-state index in [4.69, 9.17) is 19.3 Å². The van der Waals surface area contributed by atoms with Crippen molar-refractivity contribution in [2.75, 3.05) is 26.4 Å². The van der Waals surface area contributed by atoms with Crippen molar-refractivity contribution in [1.82, 2.24) is 5.32 Å². The Morgan fingerprint density at radius 3 is 2.52 bits per heavy atom. The van der Waals surface area contributed by atoms with Gasteiger partial charge in [-0.1, -0.05) is 0 Å². The highest BCUT2D eigenvalue weighted by atomic mass is 32.1. The molecule has 0 spiro atoms. The molecule has 1 amide bonds. The van der Waals surface area contributed by atoms with Gasteiger partial charge in [0.2, 0.25) is 6.29 Å². The first-order chi connectivity index (χ1) is 15.1. The molecular weight excluding hydrogens is 414 g/mol. The Labute approximate surface area is 188 Å². The molecular formula is C24H33NO5S. The first-order valence-corrected chi connectivity index (χ1v) is 12.6. The van der Waals surface area contributed by atoms with E-state index in [9.17, 15) is 4.79 Å². The maximum atomic E-state index is 13.3. The van der Waals surface area contributed by atoms with Crippen molar-refractivity contribution in [3.63, 3.8) is 0 Å². The van der Waals surface area contributed by atoms with E-state index in [0.717, 1.165) is 37.0 Å². The van der Waals surface area contributed by atoms with Gasteiger partial charge < -0.3 is 24.6 Å². The van der Waals surface area contributed by atoms with Gasteiger partial charge in [0.15, 0.2) is 5.76 Å². The number of amides is 1. The number of allylic oxidation sites excluding steroid dienone is 1. The second kappa shape index (κ2) is 9.22. The molecule has 4 saturated carbocycles. The molecule has 31 heavy (non-hydrogen) atoms.